The Morgan fingerprint density at radius 1 is 1.30 bits per heavy atom. The highest BCUT2D eigenvalue weighted by atomic mass is 19.1. The molecule has 0 bridgehead atoms. The van der Waals surface area contributed by atoms with Gasteiger partial charge in [0.1, 0.15) is 11.6 Å². The van der Waals surface area contributed by atoms with Crippen molar-refractivity contribution in [3.05, 3.63) is 29.6 Å². The lowest BCUT2D eigenvalue weighted by molar-refractivity contribution is -0.186. The molecule has 23 heavy (non-hydrogen) atoms. The largest absolute Gasteiger partial charge is 0.496 e. The third-order valence-electron chi connectivity index (χ3n) is 5.25. The standard InChI is InChI=1S/C18H26FNO3/c1-21-16-6-3-5-15(19)14(16)13-20-10-8-18(9-11-20)17(22-2)7-4-12-23-18/h3,5-6,17H,4,7-13H2,1-2H3/t17-/m1/s1. The second-order valence-corrected chi connectivity index (χ2v) is 6.48. The van der Waals surface area contributed by atoms with Crippen molar-refractivity contribution in [1.29, 1.82) is 0 Å². The van der Waals surface area contributed by atoms with E-state index in [0.29, 0.717) is 17.9 Å². The van der Waals surface area contributed by atoms with Gasteiger partial charge in [-0.1, -0.05) is 6.07 Å². The van der Waals surface area contributed by atoms with E-state index in [1.165, 1.54) is 6.07 Å². The van der Waals surface area contributed by atoms with E-state index in [0.717, 1.165) is 45.4 Å². The lowest BCUT2D eigenvalue weighted by Gasteiger charge is -2.48. The fourth-order valence-corrected chi connectivity index (χ4v) is 3.90. The topological polar surface area (TPSA) is 30.9 Å². The summed E-state index contributed by atoms with van der Waals surface area (Å²) in [5.74, 6) is 0.419. The molecule has 0 aromatic heterocycles. The van der Waals surface area contributed by atoms with Gasteiger partial charge < -0.3 is 14.2 Å². The monoisotopic (exact) mass is 323 g/mol. The van der Waals surface area contributed by atoms with Gasteiger partial charge in [0.25, 0.3) is 0 Å². The molecule has 0 amide bonds. The van der Waals surface area contributed by atoms with Crippen LogP contribution in [0.15, 0.2) is 18.2 Å². The molecule has 0 N–H and O–H groups in total. The van der Waals surface area contributed by atoms with E-state index in [9.17, 15) is 4.39 Å². The van der Waals surface area contributed by atoms with Crippen molar-refractivity contribution < 1.29 is 18.6 Å². The first-order chi connectivity index (χ1) is 11.2. The van der Waals surface area contributed by atoms with Gasteiger partial charge in [0.2, 0.25) is 0 Å². The predicted molar refractivity (Wildman–Crippen MR) is 86.2 cm³/mol. The lowest BCUT2D eigenvalue weighted by Crippen LogP contribution is -2.55. The highest BCUT2D eigenvalue weighted by molar-refractivity contribution is 5.34. The number of benzene rings is 1. The maximum Gasteiger partial charge on any atom is 0.131 e. The number of hydrogen-bond donors (Lipinski definition) is 0. The summed E-state index contributed by atoms with van der Waals surface area (Å²) in [4.78, 5) is 2.27. The second-order valence-electron chi connectivity index (χ2n) is 6.48. The number of ether oxygens (including phenoxy) is 3. The van der Waals surface area contributed by atoms with Crippen LogP contribution in [-0.2, 0) is 16.0 Å². The quantitative estimate of drug-likeness (QED) is 0.852. The molecule has 0 radical (unpaired) electrons. The van der Waals surface area contributed by atoms with E-state index in [-0.39, 0.29) is 17.5 Å². The summed E-state index contributed by atoms with van der Waals surface area (Å²) < 4.78 is 31.2. The summed E-state index contributed by atoms with van der Waals surface area (Å²) in [6.07, 6.45) is 4.18. The molecule has 4 nitrogen and oxygen atoms in total. The van der Waals surface area contributed by atoms with Gasteiger partial charge in [-0.2, -0.15) is 0 Å². The Kier molecular flexibility index (Phi) is 5.19. The van der Waals surface area contributed by atoms with Crippen molar-refractivity contribution in [3.8, 4) is 5.75 Å². The Bertz CT molecular complexity index is 529. The molecule has 2 fully saturated rings. The SMILES string of the molecule is COc1cccc(F)c1CN1CCC2(CC1)OCCC[C@H]2OC. The van der Waals surface area contributed by atoms with E-state index in [1.807, 2.05) is 6.07 Å². The molecule has 0 saturated carbocycles. The number of piperidine rings is 1. The zero-order valence-electron chi connectivity index (χ0n) is 14.0. The predicted octanol–water partition coefficient (Wildman–Crippen LogP) is 2.99. The van der Waals surface area contributed by atoms with Crippen molar-refractivity contribution >= 4 is 0 Å². The van der Waals surface area contributed by atoms with Crippen LogP contribution in [0, 0.1) is 5.82 Å². The van der Waals surface area contributed by atoms with E-state index in [1.54, 1.807) is 20.3 Å². The average molecular weight is 323 g/mol. The number of likely N-dealkylation sites (tertiary alicyclic amines) is 1. The Balaban J connectivity index is 1.66. The zero-order chi connectivity index (χ0) is 16.3. The molecule has 1 aromatic carbocycles. The minimum absolute atomic E-state index is 0.150. The van der Waals surface area contributed by atoms with Gasteiger partial charge in [0.15, 0.2) is 0 Å². The Morgan fingerprint density at radius 3 is 2.78 bits per heavy atom. The first-order valence-electron chi connectivity index (χ1n) is 8.39. The van der Waals surface area contributed by atoms with Crippen molar-refractivity contribution in [1.82, 2.24) is 4.90 Å². The van der Waals surface area contributed by atoms with Gasteiger partial charge in [-0.3, -0.25) is 4.90 Å². The van der Waals surface area contributed by atoms with Crippen LogP contribution in [0.2, 0.25) is 0 Å². The molecule has 0 unspecified atom stereocenters. The molecule has 2 heterocycles. The van der Waals surface area contributed by atoms with Crippen LogP contribution < -0.4 is 4.74 Å². The Hall–Kier alpha value is -1.17. The summed E-state index contributed by atoms with van der Waals surface area (Å²) in [6, 6.07) is 4.99. The molecular formula is C18H26FNO3. The molecule has 128 valence electrons. The fraction of sp³-hybridized carbons (Fsp3) is 0.667. The molecule has 1 aromatic rings. The normalized spacial score (nSPS) is 24.7. The summed E-state index contributed by atoms with van der Waals surface area (Å²) in [5.41, 5.74) is 0.488. The fourth-order valence-electron chi connectivity index (χ4n) is 3.90. The van der Waals surface area contributed by atoms with Crippen molar-refractivity contribution in [2.24, 2.45) is 0 Å². The van der Waals surface area contributed by atoms with Gasteiger partial charge >= 0.3 is 0 Å². The first-order valence-corrected chi connectivity index (χ1v) is 8.39. The van der Waals surface area contributed by atoms with Crippen LogP contribution in [0.3, 0.4) is 0 Å². The summed E-state index contributed by atoms with van der Waals surface area (Å²) in [6.45, 7) is 3.17. The number of nitrogens with zero attached hydrogens (tertiary/aromatic N) is 1. The van der Waals surface area contributed by atoms with Crippen LogP contribution in [0.4, 0.5) is 4.39 Å². The van der Waals surface area contributed by atoms with Gasteiger partial charge in [-0.15, -0.1) is 0 Å². The molecule has 2 aliphatic heterocycles. The molecule has 1 atom stereocenters. The molecule has 0 aliphatic carbocycles. The molecule has 1 spiro atoms. The maximum atomic E-state index is 14.1. The van der Waals surface area contributed by atoms with Crippen molar-refractivity contribution in [2.45, 2.75) is 43.9 Å². The van der Waals surface area contributed by atoms with Crippen molar-refractivity contribution in [2.75, 3.05) is 33.9 Å². The highest BCUT2D eigenvalue weighted by Gasteiger charge is 2.44. The lowest BCUT2D eigenvalue weighted by atomic mass is 9.81. The van der Waals surface area contributed by atoms with Crippen LogP contribution >= 0.6 is 0 Å². The first kappa shape index (κ1) is 16.7. The smallest absolute Gasteiger partial charge is 0.131 e. The summed E-state index contributed by atoms with van der Waals surface area (Å²) in [5, 5.41) is 0. The van der Waals surface area contributed by atoms with Crippen molar-refractivity contribution in [3.63, 3.8) is 0 Å². The highest BCUT2D eigenvalue weighted by Crippen LogP contribution is 2.37. The number of halogens is 1. The van der Waals surface area contributed by atoms with E-state index >= 15 is 0 Å². The van der Waals surface area contributed by atoms with E-state index in [4.69, 9.17) is 14.2 Å². The number of rotatable bonds is 4. The molecule has 2 aliphatic rings. The minimum atomic E-state index is -0.201. The van der Waals surface area contributed by atoms with E-state index in [2.05, 4.69) is 4.90 Å². The van der Waals surface area contributed by atoms with Crippen LogP contribution in [0.25, 0.3) is 0 Å². The van der Waals surface area contributed by atoms with Gasteiger partial charge in [-0.25, -0.2) is 4.39 Å². The number of methoxy groups -OCH3 is 2. The molecule has 3 rings (SSSR count). The third-order valence-corrected chi connectivity index (χ3v) is 5.25. The molecular weight excluding hydrogens is 297 g/mol. The maximum absolute atomic E-state index is 14.1. The number of hydrogen-bond acceptors (Lipinski definition) is 4. The van der Waals surface area contributed by atoms with Gasteiger partial charge in [0, 0.05) is 38.9 Å². The molecule has 5 heteroatoms. The summed E-state index contributed by atoms with van der Waals surface area (Å²) >= 11 is 0. The van der Waals surface area contributed by atoms with Crippen LogP contribution in [0.1, 0.15) is 31.2 Å². The Labute approximate surface area is 137 Å². The summed E-state index contributed by atoms with van der Waals surface area (Å²) in [7, 11) is 3.36. The molecule has 2 saturated heterocycles. The Morgan fingerprint density at radius 2 is 2.09 bits per heavy atom. The van der Waals surface area contributed by atoms with Gasteiger partial charge in [-0.05, 0) is 37.8 Å². The minimum Gasteiger partial charge on any atom is -0.496 e. The average Bonchev–Trinajstić information content (AvgIpc) is 2.59. The van der Waals surface area contributed by atoms with E-state index < -0.39 is 0 Å². The second kappa shape index (κ2) is 7.16. The zero-order valence-corrected chi connectivity index (χ0v) is 14.0. The van der Waals surface area contributed by atoms with Gasteiger partial charge in [0.05, 0.1) is 18.8 Å². The van der Waals surface area contributed by atoms with Crippen LogP contribution in [0.5, 0.6) is 5.75 Å². The third kappa shape index (κ3) is 3.37. The van der Waals surface area contributed by atoms with Crippen LogP contribution in [-0.4, -0.2) is 50.5 Å².